The van der Waals surface area contributed by atoms with Crippen LogP contribution in [0.5, 0.6) is 0 Å². The third kappa shape index (κ3) is 3.55. The van der Waals surface area contributed by atoms with Crippen molar-refractivity contribution in [2.45, 2.75) is 19.4 Å². The Kier molecular flexibility index (Phi) is 4.53. The van der Waals surface area contributed by atoms with Crippen molar-refractivity contribution in [2.24, 2.45) is 0 Å². The smallest absolute Gasteiger partial charge is 0.219 e. The van der Waals surface area contributed by atoms with E-state index in [0.29, 0.717) is 0 Å². The first-order valence-electron chi connectivity index (χ1n) is 6.64. The Labute approximate surface area is 114 Å². The van der Waals surface area contributed by atoms with Gasteiger partial charge in [0.1, 0.15) is 6.04 Å². The van der Waals surface area contributed by atoms with Crippen molar-refractivity contribution in [3.05, 3.63) is 35.9 Å². The second-order valence-electron chi connectivity index (χ2n) is 4.88. The Balaban J connectivity index is 1.93. The minimum absolute atomic E-state index is 0.100. The molecule has 1 aliphatic heterocycles. The largest absolute Gasteiger partial charge is 0.340 e. The van der Waals surface area contributed by atoms with Crippen LogP contribution in [0, 0.1) is 11.3 Å². The molecule has 0 radical (unpaired) electrons. The number of rotatable bonds is 3. The van der Waals surface area contributed by atoms with Crippen LogP contribution >= 0.6 is 0 Å². The Morgan fingerprint density at radius 1 is 1.26 bits per heavy atom. The molecule has 1 aliphatic rings. The van der Waals surface area contributed by atoms with Gasteiger partial charge in [0.15, 0.2) is 0 Å². The number of carbonyl (C=O) groups is 1. The van der Waals surface area contributed by atoms with Crippen LogP contribution in [-0.2, 0) is 11.2 Å². The van der Waals surface area contributed by atoms with Crippen LogP contribution in [0.15, 0.2) is 30.3 Å². The molecule has 1 unspecified atom stereocenters. The summed E-state index contributed by atoms with van der Waals surface area (Å²) in [6.07, 6.45) is 0.747. The van der Waals surface area contributed by atoms with E-state index < -0.39 is 0 Å². The van der Waals surface area contributed by atoms with E-state index >= 15 is 0 Å². The molecule has 0 bridgehead atoms. The van der Waals surface area contributed by atoms with E-state index in [9.17, 15) is 10.1 Å². The van der Waals surface area contributed by atoms with Crippen LogP contribution in [0.4, 0.5) is 0 Å². The summed E-state index contributed by atoms with van der Waals surface area (Å²) in [6.45, 7) is 4.61. The first-order valence-corrected chi connectivity index (χ1v) is 6.64. The molecule has 0 N–H and O–H groups in total. The van der Waals surface area contributed by atoms with E-state index in [4.69, 9.17) is 0 Å². The number of hydrogen-bond acceptors (Lipinski definition) is 3. The molecule has 1 aromatic carbocycles. The highest BCUT2D eigenvalue weighted by Gasteiger charge is 2.24. The molecule has 4 nitrogen and oxygen atoms in total. The molecule has 2 rings (SSSR count). The SMILES string of the molecule is CC(=O)N1CCN(C(C#N)Cc2ccccc2)CC1. The maximum Gasteiger partial charge on any atom is 0.219 e. The van der Waals surface area contributed by atoms with E-state index in [1.54, 1.807) is 6.92 Å². The van der Waals surface area contributed by atoms with Gasteiger partial charge in [-0.1, -0.05) is 30.3 Å². The maximum atomic E-state index is 11.3. The molecule has 4 heteroatoms. The third-order valence-electron chi connectivity index (χ3n) is 3.62. The second kappa shape index (κ2) is 6.35. The topological polar surface area (TPSA) is 47.3 Å². The van der Waals surface area contributed by atoms with Gasteiger partial charge in [-0.2, -0.15) is 5.26 Å². The first-order chi connectivity index (χ1) is 9.20. The van der Waals surface area contributed by atoms with Crippen molar-refractivity contribution in [3.8, 4) is 6.07 Å². The lowest BCUT2D eigenvalue weighted by molar-refractivity contribution is -0.130. The van der Waals surface area contributed by atoms with Crippen LogP contribution in [-0.4, -0.2) is 47.9 Å². The average Bonchev–Trinajstić information content (AvgIpc) is 2.46. The lowest BCUT2D eigenvalue weighted by Gasteiger charge is -2.36. The molecule has 100 valence electrons. The summed E-state index contributed by atoms with van der Waals surface area (Å²) in [6, 6.07) is 12.4. The summed E-state index contributed by atoms with van der Waals surface area (Å²) in [5.74, 6) is 0.121. The molecule has 19 heavy (non-hydrogen) atoms. The van der Waals surface area contributed by atoms with E-state index in [0.717, 1.165) is 32.6 Å². The molecule has 1 amide bonds. The minimum Gasteiger partial charge on any atom is -0.340 e. The normalized spacial score (nSPS) is 17.8. The van der Waals surface area contributed by atoms with Crippen LogP contribution in [0.2, 0.25) is 0 Å². The van der Waals surface area contributed by atoms with Crippen molar-refractivity contribution < 1.29 is 4.79 Å². The van der Waals surface area contributed by atoms with E-state index in [-0.39, 0.29) is 11.9 Å². The summed E-state index contributed by atoms with van der Waals surface area (Å²) < 4.78 is 0. The van der Waals surface area contributed by atoms with Gasteiger partial charge in [0.25, 0.3) is 0 Å². The second-order valence-corrected chi connectivity index (χ2v) is 4.88. The molecule has 1 saturated heterocycles. The zero-order valence-corrected chi connectivity index (χ0v) is 11.2. The number of carbonyl (C=O) groups excluding carboxylic acids is 1. The van der Waals surface area contributed by atoms with Crippen molar-refractivity contribution in [1.29, 1.82) is 5.26 Å². The number of amides is 1. The quantitative estimate of drug-likeness (QED) is 0.819. The fourth-order valence-electron chi connectivity index (χ4n) is 2.44. The van der Waals surface area contributed by atoms with Gasteiger partial charge in [-0.25, -0.2) is 0 Å². The summed E-state index contributed by atoms with van der Waals surface area (Å²) in [5.41, 5.74) is 1.18. The number of hydrogen-bond donors (Lipinski definition) is 0. The minimum atomic E-state index is -0.100. The van der Waals surface area contributed by atoms with Crippen LogP contribution < -0.4 is 0 Å². The average molecular weight is 257 g/mol. The fourth-order valence-corrected chi connectivity index (χ4v) is 2.44. The molecular weight excluding hydrogens is 238 g/mol. The molecule has 0 aliphatic carbocycles. The van der Waals surface area contributed by atoms with Gasteiger partial charge in [-0.05, 0) is 5.56 Å². The summed E-state index contributed by atoms with van der Waals surface area (Å²) in [7, 11) is 0. The summed E-state index contributed by atoms with van der Waals surface area (Å²) in [4.78, 5) is 15.3. The van der Waals surface area contributed by atoms with Crippen molar-refractivity contribution >= 4 is 5.91 Å². The number of benzene rings is 1. The Hall–Kier alpha value is -1.86. The predicted octanol–water partition coefficient (Wildman–Crippen LogP) is 1.29. The highest BCUT2D eigenvalue weighted by molar-refractivity contribution is 5.73. The molecular formula is C15H19N3O. The van der Waals surface area contributed by atoms with Gasteiger partial charge in [0.2, 0.25) is 5.91 Å². The van der Waals surface area contributed by atoms with Crippen molar-refractivity contribution in [3.63, 3.8) is 0 Å². The van der Waals surface area contributed by atoms with Gasteiger partial charge in [0.05, 0.1) is 6.07 Å². The lowest BCUT2D eigenvalue weighted by atomic mass is 10.0. The lowest BCUT2D eigenvalue weighted by Crippen LogP contribution is -2.51. The molecule has 0 saturated carbocycles. The van der Waals surface area contributed by atoms with Crippen LogP contribution in [0.1, 0.15) is 12.5 Å². The number of nitriles is 1. The van der Waals surface area contributed by atoms with Gasteiger partial charge in [-0.15, -0.1) is 0 Å². The number of nitrogens with zero attached hydrogens (tertiary/aromatic N) is 3. The molecule has 0 aromatic heterocycles. The Bertz CT molecular complexity index is 458. The molecule has 1 atom stereocenters. The van der Waals surface area contributed by atoms with Crippen LogP contribution in [0.25, 0.3) is 0 Å². The molecule has 0 spiro atoms. The third-order valence-corrected chi connectivity index (χ3v) is 3.62. The van der Waals surface area contributed by atoms with E-state index in [1.165, 1.54) is 5.56 Å². The summed E-state index contributed by atoms with van der Waals surface area (Å²) >= 11 is 0. The van der Waals surface area contributed by atoms with Gasteiger partial charge in [-0.3, -0.25) is 9.69 Å². The van der Waals surface area contributed by atoms with Gasteiger partial charge < -0.3 is 4.90 Å². The molecule has 1 heterocycles. The Morgan fingerprint density at radius 3 is 2.42 bits per heavy atom. The van der Waals surface area contributed by atoms with E-state index in [1.807, 2.05) is 23.1 Å². The van der Waals surface area contributed by atoms with Crippen molar-refractivity contribution in [1.82, 2.24) is 9.80 Å². The molecule has 1 aromatic rings. The first kappa shape index (κ1) is 13.6. The monoisotopic (exact) mass is 257 g/mol. The standard InChI is InChI=1S/C15H19N3O/c1-13(19)17-7-9-18(10-8-17)15(12-16)11-14-5-3-2-4-6-14/h2-6,15H,7-11H2,1H3. The van der Waals surface area contributed by atoms with Gasteiger partial charge in [0, 0.05) is 39.5 Å². The zero-order valence-electron chi connectivity index (χ0n) is 11.2. The van der Waals surface area contributed by atoms with E-state index in [2.05, 4.69) is 23.1 Å². The predicted molar refractivity (Wildman–Crippen MR) is 73.4 cm³/mol. The maximum absolute atomic E-state index is 11.3. The zero-order chi connectivity index (χ0) is 13.7. The highest BCUT2D eigenvalue weighted by Crippen LogP contribution is 2.11. The number of piperazine rings is 1. The highest BCUT2D eigenvalue weighted by atomic mass is 16.2. The molecule has 1 fully saturated rings. The van der Waals surface area contributed by atoms with Crippen molar-refractivity contribution in [2.75, 3.05) is 26.2 Å². The van der Waals surface area contributed by atoms with Crippen LogP contribution in [0.3, 0.4) is 0 Å². The summed E-state index contributed by atoms with van der Waals surface area (Å²) in [5, 5.41) is 9.34. The fraction of sp³-hybridized carbons (Fsp3) is 0.467. The van der Waals surface area contributed by atoms with Gasteiger partial charge >= 0.3 is 0 Å². The Morgan fingerprint density at radius 2 is 1.89 bits per heavy atom.